The van der Waals surface area contributed by atoms with Crippen LogP contribution in [0.15, 0.2) is 42.5 Å². The molecule has 20 heavy (non-hydrogen) atoms. The summed E-state index contributed by atoms with van der Waals surface area (Å²) in [5.41, 5.74) is 7.87. The van der Waals surface area contributed by atoms with Gasteiger partial charge >= 0.3 is 0 Å². The van der Waals surface area contributed by atoms with Crippen molar-refractivity contribution in [2.24, 2.45) is 0 Å². The van der Waals surface area contributed by atoms with Crippen LogP contribution in [0.5, 0.6) is 5.75 Å². The minimum Gasteiger partial charge on any atom is -0.478 e. The van der Waals surface area contributed by atoms with Crippen LogP contribution in [-0.2, 0) is 11.2 Å². The van der Waals surface area contributed by atoms with Crippen LogP contribution in [0.3, 0.4) is 0 Å². The number of amides is 1. The van der Waals surface area contributed by atoms with Gasteiger partial charge in [0.15, 0.2) is 6.10 Å². The molecule has 4 nitrogen and oxygen atoms in total. The number of rotatable bonds is 2. The number of ether oxygens (including phenoxy) is 1. The number of nitrogen functional groups attached to an aromatic ring is 1. The van der Waals surface area contributed by atoms with Crippen molar-refractivity contribution < 1.29 is 9.53 Å². The predicted molar refractivity (Wildman–Crippen MR) is 79.1 cm³/mol. The predicted octanol–water partition coefficient (Wildman–Crippen LogP) is 2.86. The van der Waals surface area contributed by atoms with E-state index in [0.717, 1.165) is 5.56 Å². The highest BCUT2D eigenvalue weighted by Gasteiger charge is 2.27. The van der Waals surface area contributed by atoms with Crippen LogP contribution in [0.25, 0.3) is 0 Å². The van der Waals surface area contributed by atoms with Crippen LogP contribution < -0.4 is 15.8 Å². The summed E-state index contributed by atoms with van der Waals surface area (Å²) in [5, 5.41) is 3.48. The number of benzene rings is 2. The second-order valence-electron chi connectivity index (χ2n) is 4.68. The Morgan fingerprint density at radius 3 is 2.70 bits per heavy atom. The Bertz CT molecular complexity index is 655. The zero-order chi connectivity index (χ0) is 14.1. The average Bonchev–Trinajstić information content (AvgIpc) is 2.42. The van der Waals surface area contributed by atoms with Crippen molar-refractivity contribution in [1.82, 2.24) is 0 Å². The van der Waals surface area contributed by atoms with Crippen LogP contribution in [0.1, 0.15) is 5.56 Å². The van der Waals surface area contributed by atoms with Gasteiger partial charge in [-0.1, -0.05) is 23.7 Å². The summed E-state index contributed by atoms with van der Waals surface area (Å²) in [6.07, 6.45) is -0.0559. The van der Waals surface area contributed by atoms with E-state index in [1.54, 1.807) is 30.3 Å². The van der Waals surface area contributed by atoms with E-state index in [2.05, 4.69) is 5.32 Å². The fraction of sp³-hybridized carbons (Fsp3) is 0.133. The summed E-state index contributed by atoms with van der Waals surface area (Å²) < 4.78 is 5.73. The van der Waals surface area contributed by atoms with E-state index in [4.69, 9.17) is 22.1 Å². The Kier molecular flexibility index (Phi) is 3.24. The molecular formula is C15H13ClN2O2. The highest BCUT2D eigenvalue weighted by atomic mass is 35.5. The Hall–Kier alpha value is -2.20. The third-order valence-corrected chi connectivity index (χ3v) is 3.41. The van der Waals surface area contributed by atoms with E-state index >= 15 is 0 Å². The van der Waals surface area contributed by atoms with Crippen molar-refractivity contribution in [3.05, 3.63) is 53.1 Å². The van der Waals surface area contributed by atoms with E-state index < -0.39 is 6.10 Å². The van der Waals surface area contributed by atoms with Crippen LogP contribution in [0, 0.1) is 0 Å². The lowest BCUT2D eigenvalue weighted by atomic mass is 10.1. The molecule has 0 fully saturated rings. The monoisotopic (exact) mass is 288 g/mol. The van der Waals surface area contributed by atoms with Crippen molar-refractivity contribution in [3.63, 3.8) is 0 Å². The molecule has 1 heterocycles. The summed E-state index contributed by atoms with van der Waals surface area (Å²) in [5.74, 6) is 0.468. The Morgan fingerprint density at radius 1 is 1.20 bits per heavy atom. The molecule has 0 saturated carbocycles. The first-order valence-electron chi connectivity index (χ1n) is 6.23. The third-order valence-electron chi connectivity index (χ3n) is 3.16. The van der Waals surface area contributed by atoms with Gasteiger partial charge in [-0.25, -0.2) is 0 Å². The minimum absolute atomic E-state index is 0.168. The van der Waals surface area contributed by atoms with Gasteiger partial charge in [0.1, 0.15) is 5.75 Å². The lowest BCUT2D eigenvalue weighted by molar-refractivity contribution is -0.123. The molecule has 1 atom stereocenters. The van der Waals surface area contributed by atoms with Crippen LogP contribution in [0.2, 0.25) is 5.02 Å². The highest BCUT2D eigenvalue weighted by molar-refractivity contribution is 6.30. The molecule has 0 bridgehead atoms. The first kappa shape index (κ1) is 12.8. The summed E-state index contributed by atoms with van der Waals surface area (Å²) in [4.78, 5) is 12.0. The van der Waals surface area contributed by atoms with Gasteiger partial charge in [0, 0.05) is 17.1 Å². The van der Waals surface area contributed by atoms with Gasteiger partial charge in [-0.2, -0.15) is 0 Å². The van der Waals surface area contributed by atoms with Gasteiger partial charge in [0.2, 0.25) is 0 Å². The second-order valence-corrected chi connectivity index (χ2v) is 5.12. The molecule has 2 aromatic carbocycles. The van der Waals surface area contributed by atoms with E-state index in [-0.39, 0.29) is 5.91 Å². The van der Waals surface area contributed by atoms with Gasteiger partial charge in [-0.05, 0) is 35.9 Å². The molecule has 0 radical (unpaired) electrons. The van der Waals surface area contributed by atoms with Gasteiger partial charge in [0.25, 0.3) is 5.91 Å². The molecule has 1 amide bonds. The molecule has 0 spiro atoms. The summed E-state index contributed by atoms with van der Waals surface area (Å²) in [7, 11) is 0. The fourth-order valence-corrected chi connectivity index (χ4v) is 2.26. The number of hydrogen-bond acceptors (Lipinski definition) is 3. The molecule has 1 unspecified atom stereocenters. The van der Waals surface area contributed by atoms with E-state index in [9.17, 15) is 4.79 Å². The maximum absolute atomic E-state index is 12.0. The van der Waals surface area contributed by atoms with E-state index in [1.165, 1.54) is 0 Å². The van der Waals surface area contributed by atoms with Crippen LogP contribution in [0.4, 0.5) is 11.4 Å². The number of nitrogens with one attached hydrogen (secondary N) is 1. The summed E-state index contributed by atoms with van der Waals surface area (Å²) in [6, 6.07) is 12.6. The number of anilines is 2. The van der Waals surface area contributed by atoms with Crippen LogP contribution >= 0.6 is 11.6 Å². The fourth-order valence-electron chi connectivity index (χ4n) is 2.14. The maximum Gasteiger partial charge on any atom is 0.265 e. The summed E-state index contributed by atoms with van der Waals surface area (Å²) in [6.45, 7) is 0. The van der Waals surface area contributed by atoms with Gasteiger partial charge in [0.05, 0.1) is 5.69 Å². The number of carbonyl (C=O) groups excluding carboxylic acids is 1. The zero-order valence-electron chi connectivity index (χ0n) is 10.6. The van der Waals surface area contributed by atoms with E-state index in [1.807, 2.05) is 12.1 Å². The van der Waals surface area contributed by atoms with Crippen molar-refractivity contribution in [2.75, 3.05) is 11.1 Å². The Morgan fingerprint density at radius 2 is 1.95 bits per heavy atom. The first-order valence-corrected chi connectivity index (χ1v) is 6.61. The number of nitrogens with two attached hydrogens (primary N) is 1. The van der Waals surface area contributed by atoms with E-state index in [0.29, 0.717) is 28.6 Å². The quantitative estimate of drug-likeness (QED) is 0.835. The topological polar surface area (TPSA) is 64.3 Å². The smallest absolute Gasteiger partial charge is 0.265 e. The largest absolute Gasteiger partial charge is 0.478 e. The standard InChI is InChI=1S/C15H13ClN2O2/c16-10-3-1-9(2-4-10)7-14-15(19)18-12-8-11(17)5-6-13(12)20-14/h1-6,8,14H,7,17H2,(H,18,19). The maximum atomic E-state index is 12.0. The molecule has 1 aliphatic heterocycles. The number of carbonyl (C=O) groups is 1. The molecule has 0 aromatic heterocycles. The number of fused-ring (bicyclic) bond motifs is 1. The summed E-state index contributed by atoms with van der Waals surface area (Å²) >= 11 is 5.84. The molecule has 3 N–H and O–H groups in total. The van der Waals surface area contributed by atoms with Crippen molar-refractivity contribution in [3.8, 4) is 5.75 Å². The molecule has 5 heteroatoms. The average molecular weight is 289 g/mol. The SMILES string of the molecule is Nc1ccc2c(c1)NC(=O)C(Cc1ccc(Cl)cc1)O2. The molecular weight excluding hydrogens is 276 g/mol. The number of hydrogen-bond donors (Lipinski definition) is 2. The van der Waals surface area contributed by atoms with Crippen molar-refractivity contribution in [2.45, 2.75) is 12.5 Å². The van der Waals surface area contributed by atoms with Gasteiger partial charge < -0.3 is 15.8 Å². The molecule has 2 aromatic rings. The van der Waals surface area contributed by atoms with Crippen molar-refractivity contribution >= 4 is 28.9 Å². The van der Waals surface area contributed by atoms with Crippen molar-refractivity contribution in [1.29, 1.82) is 0 Å². The number of halogens is 1. The molecule has 1 aliphatic rings. The highest BCUT2D eigenvalue weighted by Crippen LogP contribution is 2.32. The van der Waals surface area contributed by atoms with Gasteiger partial charge in [-0.3, -0.25) is 4.79 Å². The van der Waals surface area contributed by atoms with Gasteiger partial charge in [-0.15, -0.1) is 0 Å². The van der Waals surface area contributed by atoms with Crippen LogP contribution in [-0.4, -0.2) is 12.0 Å². The molecule has 0 saturated heterocycles. The normalized spacial score (nSPS) is 17.1. The molecule has 102 valence electrons. The molecule has 3 rings (SSSR count). The minimum atomic E-state index is -0.549. The third kappa shape index (κ3) is 2.56. The Labute approximate surface area is 121 Å². The second kappa shape index (κ2) is 5.06. The molecule has 0 aliphatic carbocycles. The Balaban J connectivity index is 1.80. The lowest BCUT2D eigenvalue weighted by Crippen LogP contribution is -2.38. The zero-order valence-corrected chi connectivity index (χ0v) is 11.4. The first-order chi connectivity index (χ1) is 9.61. The lowest BCUT2D eigenvalue weighted by Gasteiger charge is -2.26.